The largest absolute Gasteiger partial charge is 0.497 e. The van der Waals surface area contributed by atoms with Gasteiger partial charge in [0.2, 0.25) is 0 Å². The SMILES string of the molecule is COc1cccc(CNCCCNC(=O)c2cc(OC)cc(C(=O)N(Cc3nc(C)cs3)C(C)C)c2)c1. The molecule has 1 heterocycles. The van der Waals surface area contributed by atoms with E-state index < -0.39 is 0 Å². The van der Waals surface area contributed by atoms with E-state index in [0.717, 1.165) is 41.5 Å². The molecule has 0 saturated carbocycles. The molecule has 2 N–H and O–H groups in total. The average molecular weight is 525 g/mol. The van der Waals surface area contributed by atoms with Gasteiger partial charge in [-0.3, -0.25) is 9.59 Å². The number of aryl methyl sites for hydroxylation is 1. The Kier molecular flexibility index (Phi) is 10.5. The molecule has 2 amide bonds. The van der Waals surface area contributed by atoms with E-state index in [4.69, 9.17) is 9.47 Å². The van der Waals surface area contributed by atoms with E-state index in [1.807, 2.05) is 50.4 Å². The van der Waals surface area contributed by atoms with Gasteiger partial charge in [0.1, 0.15) is 16.5 Å². The van der Waals surface area contributed by atoms with Crippen molar-refractivity contribution in [2.45, 2.75) is 46.3 Å². The smallest absolute Gasteiger partial charge is 0.254 e. The molecule has 0 aliphatic heterocycles. The van der Waals surface area contributed by atoms with Crippen LogP contribution < -0.4 is 20.1 Å². The van der Waals surface area contributed by atoms with Crippen LogP contribution in [0.5, 0.6) is 11.5 Å². The van der Waals surface area contributed by atoms with Gasteiger partial charge in [-0.2, -0.15) is 0 Å². The quantitative estimate of drug-likeness (QED) is 0.322. The van der Waals surface area contributed by atoms with Crippen LogP contribution in [0.3, 0.4) is 0 Å². The van der Waals surface area contributed by atoms with Crippen molar-refractivity contribution < 1.29 is 19.1 Å². The third-order valence-electron chi connectivity index (χ3n) is 5.79. The predicted octanol–water partition coefficient (Wildman–Crippen LogP) is 4.43. The summed E-state index contributed by atoms with van der Waals surface area (Å²) in [4.78, 5) is 32.6. The van der Waals surface area contributed by atoms with E-state index in [1.165, 1.54) is 18.4 Å². The van der Waals surface area contributed by atoms with Gasteiger partial charge < -0.3 is 25.0 Å². The summed E-state index contributed by atoms with van der Waals surface area (Å²) >= 11 is 1.53. The first-order chi connectivity index (χ1) is 17.8. The molecule has 0 unspecified atom stereocenters. The highest BCUT2D eigenvalue weighted by molar-refractivity contribution is 7.09. The second-order valence-corrected chi connectivity index (χ2v) is 9.94. The first-order valence-corrected chi connectivity index (χ1v) is 13.2. The summed E-state index contributed by atoms with van der Waals surface area (Å²) < 4.78 is 10.6. The van der Waals surface area contributed by atoms with Crippen LogP contribution in [0.2, 0.25) is 0 Å². The maximum absolute atomic E-state index is 13.4. The maximum atomic E-state index is 13.4. The fraction of sp³-hybridized carbons (Fsp3) is 0.393. The summed E-state index contributed by atoms with van der Waals surface area (Å²) in [6.45, 7) is 8.26. The first-order valence-electron chi connectivity index (χ1n) is 12.3. The normalized spacial score (nSPS) is 10.9. The molecule has 0 fully saturated rings. The lowest BCUT2D eigenvalue weighted by Gasteiger charge is -2.26. The molecule has 0 saturated heterocycles. The molecule has 0 radical (unpaired) electrons. The number of benzene rings is 2. The molecule has 3 aromatic rings. The predicted molar refractivity (Wildman–Crippen MR) is 147 cm³/mol. The van der Waals surface area contributed by atoms with E-state index in [9.17, 15) is 9.59 Å². The number of aromatic nitrogens is 1. The molecule has 0 spiro atoms. The maximum Gasteiger partial charge on any atom is 0.254 e. The number of nitrogens with zero attached hydrogens (tertiary/aromatic N) is 2. The van der Waals surface area contributed by atoms with Gasteiger partial charge in [0.05, 0.1) is 20.8 Å². The molecule has 9 heteroatoms. The Labute approximate surface area is 223 Å². The molecule has 3 rings (SSSR count). The van der Waals surface area contributed by atoms with Crippen molar-refractivity contribution in [1.29, 1.82) is 0 Å². The van der Waals surface area contributed by atoms with Crippen LogP contribution >= 0.6 is 11.3 Å². The Balaban J connectivity index is 1.57. The number of methoxy groups -OCH3 is 2. The molecule has 198 valence electrons. The zero-order chi connectivity index (χ0) is 26.8. The number of ether oxygens (including phenoxy) is 2. The third kappa shape index (κ3) is 8.30. The Bertz CT molecular complexity index is 1190. The lowest BCUT2D eigenvalue weighted by Crippen LogP contribution is -2.36. The van der Waals surface area contributed by atoms with Gasteiger partial charge >= 0.3 is 0 Å². The second-order valence-electron chi connectivity index (χ2n) is 9.00. The lowest BCUT2D eigenvalue weighted by molar-refractivity contribution is 0.0689. The summed E-state index contributed by atoms with van der Waals surface area (Å²) in [5, 5.41) is 9.16. The summed E-state index contributed by atoms with van der Waals surface area (Å²) in [5.74, 6) is 0.882. The zero-order valence-corrected chi connectivity index (χ0v) is 23.0. The van der Waals surface area contributed by atoms with Crippen molar-refractivity contribution in [3.63, 3.8) is 0 Å². The summed E-state index contributed by atoms with van der Waals surface area (Å²) in [5.41, 5.74) is 2.87. The van der Waals surface area contributed by atoms with Crippen molar-refractivity contribution >= 4 is 23.2 Å². The minimum absolute atomic E-state index is 0.0374. The summed E-state index contributed by atoms with van der Waals surface area (Å²) in [7, 11) is 3.18. The van der Waals surface area contributed by atoms with Gasteiger partial charge in [-0.1, -0.05) is 12.1 Å². The number of hydrogen-bond donors (Lipinski definition) is 2. The molecule has 0 bridgehead atoms. The van der Waals surface area contributed by atoms with Gasteiger partial charge in [0, 0.05) is 41.3 Å². The molecular formula is C28H36N4O4S. The molecule has 0 aliphatic rings. The Hall–Kier alpha value is -3.43. The molecule has 0 aliphatic carbocycles. The summed E-state index contributed by atoms with van der Waals surface area (Å²) in [6, 6.07) is 12.8. The average Bonchev–Trinajstić information content (AvgIpc) is 3.32. The van der Waals surface area contributed by atoms with E-state index in [0.29, 0.717) is 30.0 Å². The minimum Gasteiger partial charge on any atom is -0.497 e. The van der Waals surface area contributed by atoms with Crippen molar-refractivity contribution in [2.24, 2.45) is 0 Å². The molecule has 8 nitrogen and oxygen atoms in total. The van der Waals surface area contributed by atoms with Crippen LogP contribution in [0, 0.1) is 6.92 Å². The van der Waals surface area contributed by atoms with Crippen LogP contribution in [-0.4, -0.2) is 55.0 Å². The topological polar surface area (TPSA) is 92.8 Å². The standard InChI is InChI=1S/C28H36N4O4S/c1-19(2)32(17-26-31-20(3)18-37-26)28(34)23-13-22(14-25(15-23)36-5)27(33)30-11-7-10-29-16-21-8-6-9-24(12-21)35-4/h6,8-9,12-15,18-19,29H,7,10-11,16-17H2,1-5H3,(H,30,33). The van der Waals surface area contributed by atoms with Crippen LogP contribution in [-0.2, 0) is 13.1 Å². The van der Waals surface area contributed by atoms with Crippen molar-refractivity contribution in [3.05, 3.63) is 75.2 Å². The van der Waals surface area contributed by atoms with E-state index in [1.54, 1.807) is 30.2 Å². The first kappa shape index (κ1) is 28.1. The van der Waals surface area contributed by atoms with Crippen LogP contribution in [0.15, 0.2) is 47.8 Å². The van der Waals surface area contributed by atoms with Crippen molar-refractivity contribution in [2.75, 3.05) is 27.3 Å². The van der Waals surface area contributed by atoms with Gasteiger partial charge in [-0.15, -0.1) is 11.3 Å². The zero-order valence-electron chi connectivity index (χ0n) is 22.2. The number of thiazole rings is 1. The van der Waals surface area contributed by atoms with Gasteiger partial charge in [0.25, 0.3) is 11.8 Å². The molecule has 0 atom stereocenters. The van der Waals surface area contributed by atoms with E-state index >= 15 is 0 Å². The molecule has 37 heavy (non-hydrogen) atoms. The lowest BCUT2D eigenvalue weighted by atomic mass is 10.1. The van der Waals surface area contributed by atoms with Gasteiger partial charge in [-0.25, -0.2) is 4.98 Å². The number of hydrogen-bond acceptors (Lipinski definition) is 7. The summed E-state index contributed by atoms with van der Waals surface area (Å²) in [6.07, 6.45) is 0.764. The van der Waals surface area contributed by atoms with E-state index in [2.05, 4.69) is 15.6 Å². The number of rotatable bonds is 13. The van der Waals surface area contributed by atoms with Gasteiger partial charge in [-0.05, 0) is 69.6 Å². The fourth-order valence-electron chi connectivity index (χ4n) is 3.78. The third-order valence-corrected chi connectivity index (χ3v) is 6.74. The highest BCUT2D eigenvalue weighted by Crippen LogP contribution is 2.22. The van der Waals surface area contributed by atoms with Crippen LogP contribution in [0.4, 0.5) is 0 Å². The number of carbonyl (C=O) groups excluding carboxylic acids is 2. The van der Waals surface area contributed by atoms with Crippen LogP contribution in [0.25, 0.3) is 0 Å². The second kappa shape index (κ2) is 13.8. The Morgan fingerprint density at radius 1 is 1.03 bits per heavy atom. The Morgan fingerprint density at radius 3 is 2.46 bits per heavy atom. The minimum atomic E-state index is -0.243. The monoisotopic (exact) mass is 524 g/mol. The number of amides is 2. The van der Waals surface area contributed by atoms with Crippen molar-refractivity contribution in [3.8, 4) is 11.5 Å². The van der Waals surface area contributed by atoms with E-state index in [-0.39, 0.29) is 17.9 Å². The molecule has 2 aromatic carbocycles. The van der Waals surface area contributed by atoms with Crippen molar-refractivity contribution in [1.82, 2.24) is 20.5 Å². The van der Waals surface area contributed by atoms with Crippen LogP contribution in [0.1, 0.15) is 57.2 Å². The highest BCUT2D eigenvalue weighted by atomic mass is 32.1. The number of nitrogens with one attached hydrogen (secondary N) is 2. The molecular weight excluding hydrogens is 488 g/mol. The Morgan fingerprint density at radius 2 is 1.78 bits per heavy atom. The van der Waals surface area contributed by atoms with Gasteiger partial charge in [0.15, 0.2) is 0 Å². The number of carbonyl (C=O) groups is 2. The highest BCUT2D eigenvalue weighted by Gasteiger charge is 2.22. The fourth-order valence-corrected chi connectivity index (χ4v) is 4.55. The molecule has 1 aromatic heterocycles.